The Labute approximate surface area is 311 Å². The molecule has 7 rings (SSSR count). The molecular formula is C41H52N4O8. The Hall–Kier alpha value is -4.48. The molecule has 12 nitrogen and oxygen atoms in total. The van der Waals surface area contributed by atoms with Crippen LogP contribution < -0.4 is 14.8 Å². The van der Waals surface area contributed by atoms with Gasteiger partial charge in [0.15, 0.2) is 0 Å². The average Bonchev–Trinajstić information content (AvgIpc) is 3.42. The fourth-order valence-electron chi connectivity index (χ4n) is 8.64. The van der Waals surface area contributed by atoms with Gasteiger partial charge in [0.05, 0.1) is 37.7 Å². The summed E-state index contributed by atoms with van der Waals surface area (Å²) in [6, 6.07) is 4.55. The summed E-state index contributed by atoms with van der Waals surface area (Å²) in [5.74, 6) is -1.20. The van der Waals surface area contributed by atoms with Gasteiger partial charge < -0.3 is 29.2 Å². The number of aromatic nitrogens is 2. The van der Waals surface area contributed by atoms with E-state index in [2.05, 4.69) is 17.5 Å². The minimum absolute atomic E-state index is 0.0436. The maximum absolute atomic E-state index is 14.7. The van der Waals surface area contributed by atoms with Gasteiger partial charge in [-0.15, -0.1) is 0 Å². The van der Waals surface area contributed by atoms with Crippen LogP contribution in [-0.4, -0.2) is 82.7 Å². The molecule has 0 radical (unpaired) electrons. The van der Waals surface area contributed by atoms with Gasteiger partial charge in [0.1, 0.15) is 35.2 Å². The Balaban J connectivity index is 1.25. The van der Waals surface area contributed by atoms with Crippen LogP contribution in [0.1, 0.15) is 103 Å². The standard InChI is InChI=1S/C41H52N4O8/c1-3-51-40(49)41-24-28(41)16-10-6-4-5-8-14-27-21-36(46)53-35-18-12-15-26(35)13-9-7-11-17-32-38(43-33-22-29(50-2)19-20-31(33)42-32)52-30-23-34(37(47)44-41)45(25-30)39(27)48/h10-11,16-17,19-20,22,26-28,30,34-35H,3-9,12-15,18,21,23-25H2,1-2H3,(H,44,47)/b16-10-,17-11+/t26-,27-,28-,30-,34+,35-,41-/m1/s1. The van der Waals surface area contributed by atoms with E-state index in [9.17, 15) is 19.2 Å². The molecule has 1 N–H and O–H groups in total. The molecule has 1 saturated heterocycles. The number of carbonyl (C=O) groups is 4. The number of carbonyl (C=O) groups excluding carboxylic acids is 4. The highest BCUT2D eigenvalue weighted by Crippen LogP contribution is 2.46. The van der Waals surface area contributed by atoms with Crippen molar-refractivity contribution >= 4 is 40.9 Å². The van der Waals surface area contributed by atoms with Gasteiger partial charge >= 0.3 is 11.9 Å². The molecule has 2 amide bonds. The van der Waals surface area contributed by atoms with E-state index in [1.165, 1.54) is 0 Å². The van der Waals surface area contributed by atoms with Crippen LogP contribution in [0.15, 0.2) is 36.4 Å². The van der Waals surface area contributed by atoms with Gasteiger partial charge in [-0.05, 0) is 95.3 Å². The van der Waals surface area contributed by atoms with Gasteiger partial charge in [0.2, 0.25) is 17.7 Å². The molecule has 3 aliphatic heterocycles. The third kappa shape index (κ3) is 8.21. The van der Waals surface area contributed by atoms with E-state index < -0.39 is 35.5 Å². The zero-order chi connectivity index (χ0) is 37.0. The summed E-state index contributed by atoms with van der Waals surface area (Å²) < 4.78 is 23.6. The second-order valence-corrected chi connectivity index (χ2v) is 15.3. The summed E-state index contributed by atoms with van der Waals surface area (Å²) in [4.78, 5) is 67.2. The molecule has 7 atom stereocenters. The van der Waals surface area contributed by atoms with Gasteiger partial charge in [-0.3, -0.25) is 14.4 Å². The second kappa shape index (κ2) is 16.3. The minimum atomic E-state index is -1.19. The molecule has 3 bridgehead atoms. The summed E-state index contributed by atoms with van der Waals surface area (Å²) in [5, 5.41) is 3.03. The molecule has 5 aliphatic rings. The lowest BCUT2D eigenvalue weighted by Crippen LogP contribution is -2.54. The van der Waals surface area contributed by atoms with Crippen LogP contribution in [0.25, 0.3) is 17.1 Å². The maximum atomic E-state index is 14.7. The molecule has 2 aromatic rings. The van der Waals surface area contributed by atoms with E-state index in [0.717, 1.165) is 64.2 Å². The first-order valence-corrected chi connectivity index (χ1v) is 19.6. The molecule has 53 heavy (non-hydrogen) atoms. The first-order valence-electron chi connectivity index (χ1n) is 19.6. The van der Waals surface area contributed by atoms with Crippen LogP contribution in [0.3, 0.4) is 0 Å². The number of ether oxygens (including phenoxy) is 4. The number of fused-ring (bicyclic) bond motifs is 6. The lowest BCUT2D eigenvalue weighted by Gasteiger charge is -2.29. The number of nitrogens with one attached hydrogen (secondary N) is 1. The molecule has 284 valence electrons. The number of rotatable bonds is 3. The van der Waals surface area contributed by atoms with Gasteiger partial charge in [0.25, 0.3) is 0 Å². The van der Waals surface area contributed by atoms with Crippen LogP contribution in [0.2, 0.25) is 0 Å². The largest absolute Gasteiger partial charge is 0.497 e. The van der Waals surface area contributed by atoms with E-state index >= 15 is 0 Å². The van der Waals surface area contributed by atoms with Crippen LogP contribution in [0.5, 0.6) is 11.6 Å². The quantitative estimate of drug-likeness (QED) is 0.301. The van der Waals surface area contributed by atoms with Crippen molar-refractivity contribution in [2.75, 3.05) is 20.3 Å². The van der Waals surface area contributed by atoms with Crippen molar-refractivity contribution in [2.24, 2.45) is 17.8 Å². The van der Waals surface area contributed by atoms with E-state index in [0.29, 0.717) is 41.2 Å². The molecule has 2 aliphatic carbocycles. The molecule has 2 saturated carbocycles. The van der Waals surface area contributed by atoms with E-state index in [-0.39, 0.29) is 55.8 Å². The summed E-state index contributed by atoms with van der Waals surface area (Å²) in [7, 11) is 1.59. The number of benzene rings is 1. The minimum Gasteiger partial charge on any atom is -0.497 e. The number of allylic oxidation sites excluding steroid dienone is 2. The van der Waals surface area contributed by atoms with Crippen molar-refractivity contribution in [3.8, 4) is 11.6 Å². The molecule has 4 heterocycles. The normalized spacial score (nSPS) is 32.3. The Morgan fingerprint density at radius 2 is 1.83 bits per heavy atom. The first kappa shape index (κ1) is 36.9. The van der Waals surface area contributed by atoms with Crippen LogP contribution in [-0.2, 0) is 28.7 Å². The number of amides is 2. The lowest BCUT2D eigenvalue weighted by molar-refractivity contribution is -0.156. The third-order valence-corrected chi connectivity index (χ3v) is 11.6. The smallest absolute Gasteiger partial charge is 0.332 e. The van der Waals surface area contributed by atoms with Crippen LogP contribution >= 0.6 is 0 Å². The summed E-state index contributed by atoms with van der Waals surface area (Å²) >= 11 is 0. The van der Waals surface area contributed by atoms with Crippen molar-refractivity contribution in [2.45, 2.75) is 121 Å². The molecule has 0 spiro atoms. The van der Waals surface area contributed by atoms with Gasteiger partial charge in [0, 0.05) is 24.3 Å². The van der Waals surface area contributed by atoms with Crippen molar-refractivity contribution in [1.29, 1.82) is 0 Å². The van der Waals surface area contributed by atoms with Crippen molar-refractivity contribution in [3.05, 3.63) is 42.1 Å². The topological polar surface area (TPSA) is 146 Å². The van der Waals surface area contributed by atoms with Crippen LogP contribution in [0.4, 0.5) is 0 Å². The van der Waals surface area contributed by atoms with Crippen molar-refractivity contribution in [1.82, 2.24) is 20.2 Å². The number of methoxy groups -OCH3 is 1. The van der Waals surface area contributed by atoms with E-state index in [1.807, 2.05) is 24.3 Å². The zero-order valence-electron chi connectivity index (χ0n) is 30.9. The highest BCUT2D eigenvalue weighted by molar-refractivity contribution is 5.96. The Kier molecular flexibility index (Phi) is 11.3. The van der Waals surface area contributed by atoms with Gasteiger partial charge in [-0.1, -0.05) is 31.1 Å². The van der Waals surface area contributed by atoms with Crippen LogP contribution in [0, 0.1) is 17.8 Å². The van der Waals surface area contributed by atoms with Gasteiger partial charge in [-0.2, -0.15) is 0 Å². The second-order valence-electron chi connectivity index (χ2n) is 15.3. The molecule has 0 unspecified atom stereocenters. The lowest BCUT2D eigenvalue weighted by atomic mass is 9.95. The fourth-order valence-corrected chi connectivity index (χ4v) is 8.64. The molecule has 3 fully saturated rings. The van der Waals surface area contributed by atoms with E-state index in [4.69, 9.17) is 28.9 Å². The SMILES string of the molecule is CCOC(=O)[C@@]12C[C@H]1/C=C\CCCCC[C@@H]1CC(=O)O[C@@H]3CCC[C@H]3CCC/C=C/c3nc4ccc(OC)cc4nc3O[C@@H]3C[C@@H](C(=O)N2)N(C3)C1=O. The summed E-state index contributed by atoms with van der Waals surface area (Å²) in [6.45, 7) is 2.03. The summed E-state index contributed by atoms with van der Waals surface area (Å²) in [5.41, 5.74) is 0.647. The van der Waals surface area contributed by atoms with Gasteiger partial charge in [-0.25, -0.2) is 14.8 Å². The first-order chi connectivity index (χ1) is 25.8. The fraction of sp³-hybridized carbons (Fsp3) is 0.610. The predicted octanol–water partition coefficient (Wildman–Crippen LogP) is 5.86. The number of hydrogen-bond acceptors (Lipinski definition) is 10. The molecule has 1 aromatic carbocycles. The number of esters is 2. The predicted molar refractivity (Wildman–Crippen MR) is 197 cm³/mol. The highest BCUT2D eigenvalue weighted by atomic mass is 16.5. The number of nitrogens with zero attached hydrogens (tertiary/aromatic N) is 3. The molecule has 1 aromatic heterocycles. The monoisotopic (exact) mass is 728 g/mol. The number of hydrogen-bond donors (Lipinski definition) is 1. The highest BCUT2D eigenvalue weighted by Gasteiger charge is 2.62. The summed E-state index contributed by atoms with van der Waals surface area (Å²) in [6.07, 6.45) is 17.3. The third-order valence-electron chi connectivity index (χ3n) is 11.6. The van der Waals surface area contributed by atoms with E-state index in [1.54, 1.807) is 25.0 Å². The molecular weight excluding hydrogens is 676 g/mol. The molecule has 12 heteroatoms. The maximum Gasteiger partial charge on any atom is 0.332 e. The Morgan fingerprint density at radius 3 is 2.68 bits per heavy atom. The Morgan fingerprint density at radius 1 is 0.981 bits per heavy atom. The van der Waals surface area contributed by atoms with Crippen molar-refractivity contribution < 1.29 is 38.1 Å². The average molecular weight is 729 g/mol. The zero-order valence-corrected chi connectivity index (χ0v) is 30.9. The Bertz CT molecular complexity index is 1760. The van der Waals surface area contributed by atoms with Crippen molar-refractivity contribution in [3.63, 3.8) is 0 Å².